The first kappa shape index (κ1) is 15.0. The van der Waals surface area contributed by atoms with Gasteiger partial charge >= 0.3 is 0 Å². The maximum absolute atomic E-state index is 9.00. The van der Waals surface area contributed by atoms with E-state index in [2.05, 4.69) is 39.9 Å². The molecule has 0 unspecified atom stereocenters. The normalized spacial score (nSPS) is 19.4. The first-order valence-corrected chi connectivity index (χ1v) is 7.13. The second kappa shape index (κ2) is 5.71. The third kappa shape index (κ3) is 5.39. The minimum atomic E-state index is 0.210. The standard InChI is InChI=1S/C15H31NO/c1-12(10-17)8-9-16-15(4,5)11-14(2,3)13-6-7-13/h12-13,16-17H,6-11H2,1-5H3/t12-/m1/s1. The van der Waals surface area contributed by atoms with Gasteiger partial charge in [0, 0.05) is 12.1 Å². The fourth-order valence-electron chi connectivity index (χ4n) is 2.96. The molecule has 0 aromatic carbocycles. The highest BCUT2D eigenvalue weighted by Crippen LogP contribution is 2.49. The average Bonchev–Trinajstić information content (AvgIpc) is 2.98. The highest BCUT2D eigenvalue weighted by Gasteiger charge is 2.40. The molecule has 0 saturated heterocycles. The Balaban J connectivity index is 2.29. The lowest BCUT2D eigenvalue weighted by atomic mass is 9.76. The number of hydrogen-bond acceptors (Lipinski definition) is 2. The molecule has 2 nitrogen and oxygen atoms in total. The number of rotatable bonds is 8. The molecule has 0 radical (unpaired) electrons. The second-order valence-corrected chi connectivity index (χ2v) is 7.33. The van der Waals surface area contributed by atoms with E-state index in [-0.39, 0.29) is 5.54 Å². The molecule has 17 heavy (non-hydrogen) atoms. The molecule has 1 fully saturated rings. The van der Waals surface area contributed by atoms with E-state index in [1.54, 1.807) is 0 Å². The Morgan fingerprint density at radius 1 is 1.24 bits per heavy atom. The summed E-state index contributed by atoms with van der Waals surface area (Å²) in [7, 11) is 0. The summed E-state index contributed by atoms with van der Waals surface area (Å²) >= 11 is 0. The highest BCUT2D eigenvalue weighted by molar-refractivity contribution is 4.94. The van der Waals surface area contributed by atoms with Crippen molar-refractivity contribution in [3.8, 4) is 0 Å². The van der Waals surface area contributed by atoms with Crippen LogP contribution in [0.3, 0.4) is 0 Å². The molecule has 0 bridgehead atoms. The van der Waals surface area contributed by atoms with Crippen LogP contribution in [0.25, 0.3) is 0 Å². The van der Waals surface area contributed by atoms with E-state index in [9.17, 15) is 0 Å². The molecule has 1 aliphatic carbocycles. The monoisotopic (exact) mass is 241 g/mol. The number of nitrogens with one attached hydrogen (secondary N) is 1. The van der Waals surface area contributed by atoms with Gasteiger partial charge in [-0.1, -0.05) is 20.8 Å². The fourth-order valence-corrected chi connectivity index (χ4v) is 2.96. The minimum Gasteiger partial charge on any atom is -0.396 e. The third-order valence-corrected chi connectivity index (χ3v) is 4.13. The Hall–Kier alpha value is -0.0800. The van der Waals surface area contributed by atoms with E-state index in [0.29, 0.717) is 17.9 Å². The Bertz CT molecular complexity index is 231. The zero-order valence-electron chi connectivity index (χ0n) is 12.3. The summed E-state index contributed by atoms with van der Waals surface area (Å²) in [6, 6.07) is 0. The largest absolute Gasteiger partial charge is 0.396 e. The number of hydrogen-bond donors (Lipinski definition) is 2. The van der Waals surface area contributed by atoms with Crippen LogP contribution in [0.1, 0.15) is 60.3 Å². The Morgan fingerprint density at radius 3 is 2.29 bits per heavy atom. The lowest BCUT2D eigenvalue weighted by molar-refractivity contribution is 0.185. The predicted octanol–water partition coefficient (Wildman–Crippen LogP) is 3.20. The van der Waals surface area contributed by atoms with Gasteiger partial charge in [0.25, 0.3) is 0 Å². The van der Waals surface area contributed by atoms with Gasteiger partial charge in [0.15, 0.2) is 0 Å². The molecule has 1 atom stereocenters. The van der Waals surface area contributed by atoms with Crippen LogP contribution < -0.4 is 5.32 Å². The molecule has 1 aliphatic rings. The smallest absolute Gasteiger partial charge is 0.0457 e. The van der Waals surface area contributed by atoms with E-state index in [1.165, 1.54) is 19.3 Å². The molecule has 0 amide bonds. The zero-order valence-corrected chi connectivity index (χ0v) is 12.3. The molecule has 2 heteroatoms. The molecular formula is C15H31NO. The molecule has 0 heterocycles. The van der Waals surface area contributed by atoms with Gasteiger partial charge < -0.3 is 10.4 Å². The van der Waals surface area contributed by atoms with E-state index in [0.717, 1.165) is 18.9 Å². The van der Waals surface area contributed by atoms with Gasteiger partial charge in [0.05, 0.1) is 0 Å². The van der Waals surface area contributed by atoms with Crippen molar-refractivity contribution < 1.29 is 5.11 Å². The van der Waals surface area contributed by atoms with Gasteiger partial charge in [-0.15, -0.1) is 0 Å². The van der Waals surface area contributed by atoms with Crippen LogP contribution in [-0.4, -0.2) is 23.8 Å². The quantitative estimate of drug-likeness (QED) is 0.684. The molecule has 2 N–H and O–H groups in total. The van der Waals surface area contributed by atoms with Crippen molar-refractivity contribution in [3.05, 3.63) is 0 Å². The molecule has 0 spiro atoms. The van der Waals surface area contributed by atoms with Gasteiger partial charge in [-0.25, -0.2) is 0 Å². The fraction of sp³-hybridized carbons (Fsp3) is 1.00. The van der Waals surface area contributed by atoms with Gasteiger partial charge in [0.1, 0.15) is 0 Å². The van der Waals surface area contributed by atoms with Crippen LogP contribution in [0.4, 0.5) is 0 Å². The predicted molar refractivity (Wildman–Crippen MR) is 74.1 cm³/mol. The molecule has 0 aliphatic heterocycles. The summed E-state index contributed by atoms with van der Waals surface area (Å²) in [4.78, 5) is 0. The van der Waals surface area contributed by atoms with Crippen molar-refractivity contribution in [2.75, 3.05) is 13.2 Å². The average molecular weight is 241 g/mol. The van der Waals surface area contributed by atoms with Gasteiger partial charge in [-0.05, 0) is 63.3 Å². The number of aliphatic hydroxyl groups is 1. The van der Waals surface area contributed by atoms with Crippen LogP contribution in [0, 0.1) is 17.3 Å². The van der Waals surface area contributed by atoms with E-state index in [4.69, 9.17) is 5.11 Å². The summed E-state index contributed by atoms with van der Waals surface area (Å²) in [5.41, 5.74) is 0.681. The topological polar surface area (TPSA) is 32.3 Å². The van der Waals surface area contributed by atoms with Crippen LogP contribution >= 0.6 is 0 Å². The van der Waals surface area contributed by atoms with Crippen LogP contribution in [-0.2, 0) is 0 Å². The summed E-state index contributed by atoms with van der Waals surface area (Å²) in [5.74, 6) is 1.36. The van der Waals surface area contributed by atoms with Gasteiger partial charge in [-0.3, -0.25) is 0 Å². The summed E-state index contributed by atoms with van der Waals surface area (Å²) in [6.45, 7) is 12.8. The van der Waals surface area contributed by atoms with Gasteiger partial charge in [-0.2, -0.15) is 0 Å². The van der Waals surface area contributed by atoms with Crippen molar-refractivity contribution in [2.24, 2.45) is 17.3 Å². The molecule has 102 valence electrons. The maximum Gasteiger partial charge on any atom is 0.0457 e. The number of aliphatic hydroxyl groups excluding tert-OH is 1. The Kier molecular flexibility index (Phi) is 5.03. The van der Waals surface area contributed by atoms with Crippen molar-refractivity contribution in [1.82, 2.24) is 5.32 Å². The van der Waals surface area contributed by atoms with Crippen LogP contribution in [0.15, 0.2) is 0 Å². The van der Waals surface area contributed by atoms with Crippen LogP contribution in [0.2, 0.25) is 0 Å². The maximum atomic E-state index is 9.00. The Morgan fingerprint density at radius 2 is 1.82 bits per heavy atom. The minimum absolute atomic E-state index is 0.210. The molecule has 1 saturated carbocycles. The van der Waals surface area contributed by atoms with Gasteiger partial charge in [0.2, 0.25) is 0 Å². The van der Waals surface area contributed by atoms with Crippen molar-refractivity contribution >= 4 is 0 Å². The SMILES string of the molecule is C[C@@H](CO)CCNC(C)(C)CC(C)(C)C1CC1. The van der Waals surface area contributed by atoms with E-state index < -0.39 is 0 Å². The first-order valence-electron chi connectivity index (χ1n) is 7.13. The van der Waals surface area contributed by atoms with E-state index in [1.807, 2.05) is 0 Å². The summed E-state index contributed by atoms with van der Waals surface area (Å²) < 4.78 is 0. The summed E-state index contributed by atoms with van der Waals surface area (Å²) in [5, 5.41) is 12.7. The highest BCUT2D eigenvalue weighted by atomic mass is 16.3. The second-order valence-electron chi connectivity index (χ2n) is 7.33. The summed E-state index contributed by atoms with van der Waals surface area (Å²) in [6.07, 6.45) is 5.14. The molecule has 0 aromatic heterocycles. The Labute approximate surface area is 107 Å². The van der Waals surface area contributed by atoms with Crippen molar-refractivity contribution in [1.29, 1.82) is 0 Å². The lowest BCUT2D eigenvalue weighted by Crippen LogP contribution is -2.44. The molecule has 1 rings (SSSR count). The van der Waals surface area contributed by atoms with Crippen molar-refractivity contribution in [2.45, 2.75) is 65.8 Å². The zero-order chi connectivity index (χ0) is 13.1. The van der Waals surface area contributed by atoms with E-state index >= 15 is 0 Å². The van der Waals surface area contributed by atoms with Crippen molar-refractivity contribution in [3.63, 3.8) is 0 Å². The van der Waals surface area contributed by atoms with Crippen LogP contribution in [0.5, 0.6) is 0 Å². The third-order valence-electron chi connectivity index (χ3n) is 4.13. The first-order chi connectivity index (χ1) is 7.77. The molecular weight excluding hydrogens is 210 g/mol. The lowest BCUT2D eigenvalue weighted by Gasteiger charge is -2.36. The molecule has 0 aromatic rings.